The Morgan fingerprint density at radius 1 is 1.18 bits per heavy atom. The van der Waals surface area contributed by atoms with Crippen LogP contribution in [0.1, 0.15) is 65.5 Å². The number of alkyl halides is 5. The van der Waals surface area contributed by atoms with Crippen LogP contribution in [0.15, 0.2) is 36.7 Å². The minimum Gasteiger partial charge on any atom is -0.434 e. The number of hydrogen-bond acceptors (Lipinski definition) is 6. The Morgan fingerprint density at radius 2 is 1.88 bits per heavy atom. The number of aliphatic hydroxyl groups is 1. The lowest BCUT2D eigenvalue weighted by atomic mass is 9.96. The summed E-state index contributed by atoms with van der Waals surface area (Å²) in [5.74, 6) is -2.31. The van der Waals surface area contributed by atoms with Crippen molar-refractivity contribution in [3.8, 4) is 16.9 Å². The van der Waals surface area contributed by atoms with Crippen molar-refractivity contribution in [1.29, 1.82) is 0 Å². The zero-order chi connectivity index (χ0) is 28.7. The minimum absolute atomic E-state index is 0.00796. The first kappa shape index (κ1) is 26.0. The van der Waals surface area contributed by atoms with Crippen LogP contribution in [-0.4, -0.2) is 37.1 Å². The Hall–Kier alpha value is -4.20. The number of benzene rings is 2. The van der Waals surface area contributed by atoms with Gasteiger partial charge in [0.15, 0.2) is 5.82 Å². The quantitative estimate of drug-likeness (QED) is 0.329. The highest BCUT2D eigenvalue weighted by molar-refractivity contribution is 5.98. The predicted molar refractivity (Wildman–Crippen MR) is 127 cm³/mol. The fourth-order valence-electron chi connectivity index (χ4n) is 5.46. The van der Waals surface area contributed by atoms with Crippen LogP contribution in [0, 0.1) is 5.82 Å². The molecule has 0 spiro atoms. The van der Waals surface area contributed by atoms with Gasteiger partial charge in [0.2, 0.25) is 0 Å². The van der Waals surface area contributed by atoms with Gasteiger partial charge >= 0.3 is 12.8 Å². The number of carbonyl (C=O) groups excluding carboxylic acids is 1. The monoisotopic (exact) mass is 563 g/mol. The number of ether oxygens (including phenoxy) is 1. The van der Waals surface area contributed by atoms with Crippen LogP contribution < -0.4 is 10.1 Å². The molecule has 2 atom stereocenters. The van der Waals surface area contributed by atoms with Crippen molar-refractivity contribution < 1.29 is 41.0 Å². The van der Waals surface area contributed by atoms with E-state index in [9.17, 15) is 31.9 Å². The summed E-state index contributed by atoms with van der Waals surface area (Å²) in [5, 5.41) is 12.8. The molecular formula is C26H19F6N5O3. The number of fused-ring (bicyclic) bond motifs is 9. The zero-order valence-corrected chi connectivity index (χ0v) is 20.7. The molecule has 14 heteroatoms. The molecular weight excluding hydrogens is 544 g/mol. The molecule has 0 radical (unpaired) electrons. The maximum atomic E-state index is 15.4. The molecule has 0 saturated heterocycles. The third-order valence-electron chi connectivity index (χ3n) is 6.97. The molecule has 2 N–H and O–H groups in total. The van der Waals surface area contributed by atoms with E-state index in [2.05, 4.69) is 25.0 Å². The molecule has 8 nitrogen and oxygen atoms in total. The standard InChI is InChI=1S/C26H19F6N5O3/c1-25(2,39)23-33-8-10(9-34-23)17-12(27)6-13-20(19(17)26(30,31)32)37-15-7-14(21(37)35-13)36-22(38)11-4-3-5-16(18(11)15)40-24(28)29/h3-6,8-9,14-15,24,39H,7H2,1-2H3,(H,36,38)/t14-,15-/m1/s1. The molecule has 2 aromatic carbocycles. The molecule has 0 aliphatic carbocycles. The van der Waals surface area contributed by atoms with Crippen LogP contribution in [0.5, 0.6) is 5.75 Å². The van der Waals surface area contributed by atoms with Gasteiger partial charge in [-0.25, -0.2) is 19.3 Å². The average Bonchev–Trinajstić information content (AvgIpc) is 3.33. The molecule has 0 fully saturated rings. The summed E-state index contributed by atoms with van der Waals surface area (Å²) < 4.78 is 92.3. The Labute approximate surface area is 221 Å². The van der Waals surface area contributed by atoms with Crippen molar-refractivity contribution in [3.05, 3.63) is 70.8 Å². The van der Waals surface area contributed by atoms with Gasteiger partial charge in [0.05, 0.1) is 28.7 Å². The van der Waals surface area contributed by atoms with Crippen molar-refractivity contribution in [2.24, 2.45) is 0 Å². The first-order valence-corrected chi connectivity index (χ1v) is 12.0. The number of halogens is 6. The Bertz CT molecular complexity index is 1680. The van der Waals surface area contributed by atoms with Gasteiger partial charge in [-0.3, -0.25) is 4.79 Å². The van der Waals surface area contributed by atoms with Crippen molar-refractivity contribution in [2.45, 2.75) is 50.7 Å². The highest BCUT2D eigenvalue weighted by Crippen LogP contribution is 2.51. The van der Waals surface area contributed by atoms with Crippen molar-refractivity contribution in [3.63, 3.8) is 0 Å². The number of imidazole rings is 1. The van der Waals surface area contributed by atoms with Crippen molar-refractivity contribution in [1.82, 2.24) is 24.8 Å². The fraction of sp³-hybridized carbons (Fsp3) is 0.308. The highest BCUT2D eigenvalue weighted by Gasteiger charge is 2.46. The van der Waals surface area contributed by atoms with Crippen LogP contribution >= 0.6 is 0 Å². The molecule has 2 aliphatic heterocycles. The summed E-state index contributed by atoms with van der Waals surface area (Å²) in [6, 6.07) is 2.78. The molecule has 2 aliphatic rings. The van der Waals surface area contributed by atoms with Crippen LogP contribution in [-0.2, 0) is 11.8 Å². The minimum atomic E-state index is -5.11. The van der Waals surface area contributed by atoms with E-state index in [0.717, 1.165) is 18.5 Å². The molecule has 2 bridgehead atoms. The van der Waals surface area contributed by atoms with Gasteiger partial charge in [-0.05, 0) is 32.4 Å². The van der Waals surface area contributed by atoms with Gasteiger partial charge in [-0.15, -0.1) is 0 Å². The molecule has 4 aromatic rings. The smallest absolute Gasteiger partial charge is 0.419 e. The predicted octanol–water partition coefficient (Wildman–Crippen LogP) is 5.26. The first-order chi connectivity index (χ1) is 18.8. The fourth-order valence-corrected chi connectivity index (χ4v) is 5.46. The maximum Gasteiger partial charge on any atom is 0.419 e. The largest absolute Gasteiger partial charge is 0.434 e. The van der Waals surface area contributed by atoms with E-state index in [4.69, 9.17) is 0 Å². The van der Waals surface area contributed by atoms with Gasteiger partial charge in [0.25, 0.3) is 5.91 Å². The highest BCUT2D eigenvalue weighted by atomic mass is 19.4. The van der Waals surface area contributed by atoms with E-state index in [-0.39, 0.29) is 46.0 Å². The van der Waals surface area contributed by atoms with Crippen molar-refractivity contribution >= 4 is 16.9 Å². The zero-order valence-electron chi connectivity index (χ0n) is 20.7. The lowest BCUT2D eigenvalue weighted by Crippen LogP contribution is -2.28. The van der Waals surface area contributed by atoms with E-state index >= 15 is 4.39 Å². The molecule has 1 amide bonds. The lowest BCUT2D eigenvalue weighted by molar-refractivity contribution is -0.136. The Kier molecular flexibility index (Phi) is 5.63. The van der Waals surface area contributed by atoms with Crippen LogP contribution in [0.2, 0.25) is 0 Å². The normalized spacial score (nSPS) is 18.5. The molecule has 0 saturated carbocycles. The van der Waals surface area contributed by atoms with Crippen molar-refractivity contribution in [2.75, 3.05) is 0 Å². The van der Waals surface area contributed by atoms with E-state index in [0.29, 0.717) is 0 Å². The van der Waals surface area contributed by atoms with Gasteiger partial charge in [0.1, 0.15) is 23.0 Å². The van der Waals surface area contributed by atoms with Gasteiger partial charge in [0, 0.05) is 40.7 Å². The second-order valence-corrected chi connectivity index (χ2v) is 10.0. The van der Waals surface area contributed by atoms with E-state index in [1.165, 1.54) is 36.6 Å². The third-order valence-corrected chi connectivity index (χ3v) is 6.97. The summed E-state index contributed by atoms with van der Waals surface area (Å²) in [5.41, 5.74) is -4.90. The van der Waals surface area contributed by atoms with Crippen LogP contribution in [0.3, 0.4) is 0 Å². The number of rotatable bonds is 4. The van der Waals surface area contributed by atoms with Gasteiger partial charge in [-0.2, -0.15) is 22.0 Å². The molecule has 40 heavy (non-hydrogen) atoms. The SMILES string of the molecule is CC(C)(O)c1ncc(-c2c(F)cc3nc4n(c3c2C(F)(F)F)[C@@H]2C[C@H]4NC(=O)c3cccc(OC(F)F)c32)cn1. The molecule has 0 unspecified atom stereocenters. The number of nitrogens with zero attached hydrogens (tertiary/aromatic N) is 4. The molecule has 208 valence electrons. The van der Waals surface area contributed by atoms with Gasteiger partial charge in [-0.1, -0.05) is 6.07 Å². The lowest BCUT2D eigenvalue weighted by Gasteiger charge is -2.23. The summed E-state index contributed by atoms with van der Waals surface area (Å²) in [7, 11) is 0. The number of aromatic nitrogens is 4. The summed E-state index contributed by atoms with van der Waals surface area (Å²) >= 11 is 0. The third kappa shape index (κ3) is 3.96. The van der Waals surface area contributed by atoms with Gasteiger partial charge < -0.3 is 19.7 Å². The summed E-state index contributed by atoms with van der Waals surface area (Å²) in [6.45, 7) is -0.490. The number of amides is 1. The number of hydrogen-bond donors (Lipinski definition) is 2. The molecule has 6 rings (SSSR count). The number of carbonyl (C=O) groups is 1. The first-order valence-electron chi connectivity index (χ1n) is 12.0. The van der Waals surface area contributed by atoms with E-state index in [1.807, 2.05) is 0 Å². The second-order valence-electron chi connectivity index (χ2n) is 10.0. The number of nitrogens with one attached hydrogen (secondary N) is 1. The van der Waals surface area contributed by atoms with Crippen LogP contribution in [0.25, 0.3) is 22.2 Å². The maximum absolute atomic E-state index is 15.4. The van der Waals surface area contributed by atoms with E-state index < -0.39 is 58.8 Å². The average molecular weight is 563 g/mol. The Morgan fingerprint density at radius 3 is 2.50 bits per heavy atom. The second kappa shape index (κ2) is 8.65. The Balaban J connectivity index is 1.65. The van der Waals surface area contributed by atoms with E-state index in [1.54, 1.807) is 0 Å². The molecule has 4 heterocycles. The van der Waals surface area contributed by atoms with Crippen LogP contribution in [0.4, 0.5) is 26.3 Å². The summed E-state index contributed by atoms with van der Waals surface area (Å²) in [4.78, 5) is 25.0. The summed E-state index contributed by atoms with van der Waals surface area (Å²) in [6.07, 6.45) is -3.14. The topological polar surface area (TPSA) is 102 Å². The molecule has 2 aromatic heterocycles.